The maximum atomic E-state index is 8.94. The number of rotatable bonds is 2. The number of benzene rings is 1. The van der Waals surface area contributed by atoms with E-state index in [1.54, 1.807) is 6.07 Å². The summed E-state index contributed by atoms with van der Waals surface area (Å²) < 4.78 is 10.5. The lowest BCUT2D eigenvalue weighted by Crippen LogP contribution is -1.92. The van der Waals surface area contributed by atoms with E-state index in [1.165, 1.54) is 0 Å². The van der Waals surface area contributed by atoms with Gasteiger partial charge >= 0.3 is 0 Å². The van der Waals surface area contributed by atoms with E-state index in [0.29, 0.717) is 5.69 Å². The summed E-state index contributed by atoms with van der Waals surface area (Å²) >= 11 is 0. The number of aromatic nitrogens is 2. The Morgan fingerprint density at radius 2 is 2.12 bits per heavy atom. The van der Waals surface area contributed by atoms with Gasteiger partial charge in [0.25, 0.3) is 0 Å². The molecule has 16 heavy (non-hydrogen) atoms. The van der Waals surface area contributed by atoms with Gasteiger partial charge in [-0.2, -0.15) is 5.10 Å². The van der Waals surface area contributed by atoms with Crippen LogP contribution in [0.25, 0.3) is 11.3 Å². The molecule has 2 N–H and O–H groups in total. The molecule has 0 aliphatic carbocycles. The van der Waals surface area contributed by atoms with Gasteiger partial charge in [-0.05, 0) is 24.3 Å². The Morgan fingerprint density at radius 3 is 2.94 bits per heavy atom. The highest BCUT2D eigenvalue weighted by molar-refractivity contribution is 5.64. The molecule has 3 rings (SSSR count). The Labute approximate surface area is 91.6 Å². The predicted molar refractivity (Wildman–Crippen MR) is 56.1 cm³/mol. The molecule has 0 saturated carbocycles. The van der Waals surface area contributed by atoms with Crippen LogP contribution in [0.2, 0.25) is 0 Å². The molecule has 1 aromatic heterocycles. The molecule has 1 aromatic carbocycles. The molecule has 0 bridgehead atoms. The molecule has 0 unspecified atom stereocenters. The number of aliphatic hydroxyl groups excluding tert-OH is 1. The number of fused-ring (bicyclic) bond motifs is 1. The molecule has 5 heteroatoms. The quantitative estimate of drug-likeness (QED) is 0.797. The molecule has 1 aliphatic heterocycles. The summed E-state index contributed by atoms with van der Waals surface area (Å²) in [6.07, 6.45) is 0. The lowest BCUT2D eigenvalue weighted by atomic mass is 10.1. The second-order valence-corrected chi connectivity index (χ2v) is 3.50. The molecule has 2 aromatic rings. The van der Waals surface area contributed by atoms with Gasteiger partial charge in [-0.3, -0.25) is 5.10 Å². The van der Waals surface area contributed by atoms with Crippen LogP contribution < -0.4 is 9.47 Å². The lowest BCUT2D eigenvalue weighted by Gasteiger charge is -1.98. The van der Waals surface area contributed by atoms with Crippen molar-refractivity contribution in [3.63, 3.8) is 0 Å². The summed E-state index contributed by atoms with van der Waals surface area (Å²) in [5.41, 5.74) is 2.40. The summed E-state index contributed by atoms with van der Waals surface area (Å²) in [4.78, 5) is 0. The van der Waals surface area contributed by atoms with Crippen LogP contribution in [0.1, 0.15) is 5.69 Å². The molecule has 82 valence electrons. The SMILES string of the molecule is OCc1cc(-c2ccc3c(c2)OCO3)n[nH]1. The van der Waals surface area contributed by atoms with Gasteiger partial charge < -0.3 is 14.6 Å². The fraction of sp³-hybridized carbons (Fsp3) is 0.182. The van der Waals surface area contributed by atoms with Crippen LogP contribution in [0.15, 0.2) is 24.3 Å². The highest BCUT2D eigenvalue weighted by Gasteiger charge is 2.14. The first-order chi connectivity index (χ1) is 7.86. The Morgan fingerprint density at radius 1 is 1.25 bits per heavy atom. The monoisotopic (exact) mass is 218 g/mol. The van der Waals surface area contributed by atoms with E-state index in [-0.39, 0.29) is 13.4 Å². The number of H-pyrrole nitrogens is 1. The zero-order valence-electron chi connectivity index (χ0n) is 8.43. The second kappa shape index (κ2) is 3.53. The number of aliphatic hydroxyl groups is 1. The van der Waals surface area contributed by atoms with Crippen molar-refractivity contribution in [2.75, 3.05) is 6.79 Å². The number of hydrogen-bond donors (Lipinski definition) is 2. The van der Waals surface area contributed by atoms with Crippen molar-refractivity contribution in [3.8, 4) is 22.8 Å². The zero-order chi connectivity index (χ0) is 11.0. The fourth-order valence-electron chi connectivity index (χ4n) is 1.65. The molecular formula is C11H10N2O3. The third-order valence-corrected chi connectivity index (χ3v) is 2.47. The lowest BCUT2D eigenvalue weighted by molar-refractivity contribution is 0.174. The number of hydrogen-bond acceptors (Lipinski definition) is 4. The van der Waals surface area contributed by atoms with Crippen molar-refractivity contribution in [2.24, 2.45) is 0 Å². The van der Waals surface area contributed by atoms with Gasteiger partial charge in [0.2, 0.25) is 6.79 Å². The summed E-state index contributed by atoms with van der Waals surface area (Å²) in [6.45, 7) is 0.221. The van der Waals surface area contributed by atoms with Crippen molar-refractivity contribution in [2.45, 2.75) is 6.61 Å². The maximum absolute atomic E-state index is 8.94. The van der Waals surface area contributed by atoms with Crippen LogP contribution in [0.4, 0.5) is 0 Å². The van der Waals surface area contributed by atoms with Crippen molar-refractivity contribution in [1.29, 1.82) is 0 Å². The van der Waals surface area contributed by atoms with Crippen LogP contribution in [0, 0.1) is 0 Å². The minimum absolute atomic E-state index is 0.0441. The van der Waals surface area contributed by atoms with E-state index in [9.17, 15) is 0 Å². The largest absolute Gasteiger partial charge is 0.454 e. The van der Waals surface area contributed by atoms with Crippen LogP contribution in [-0.2, 0) is 6.61 Å². The fourth-order valence-corrected chi connectivity index (χ4v) is 1.65. The molecule has 2 heterocycles. The van der Waals surface area contributed by atoms with Crippen molar-refractivity contribution >= 4 is 0 Å². The molecule has 0 fully saturated rings. The smallest absolute Gasteiger partial charge is 0.231 e. The topological polar surface area (TPSA) is 67.4 Å². The zero-order valence-corrected chi connectivity index (χ0v) is 8.43. The highest BCUT2D eigenvalue weighted by atomic mass is 16.7. The van der Waals surface area contributed by atoms with E-state index in [1.807, 2.05) is 18.2 Å². The van der Waals surface area contributed by atoms with E-state index >= 15 is 0 Å². The number of ether oxygens (including phenoxy) is 2. The molecule has 0 amide bonds. The van der Waals surface area contributed by atoms with E-state index in [0.717, 1.165) is 22.8 Å². The molecule has 5 nitrogen and oxygen atoms in total. The number of nitrogens with zero attached hydrogens (tertiary/aromatic N) is 1. The maximum Gasteiger partial charge on any atom is 0.231 e. The Balaban J connectivity index is 2.00. The van der Waals surface area contributed by atoms with Gasteiger partial charge in [0.15, 0.2) is 11.5 Å². The Bertz CT molecular complexity index is 522. The van der Waals surface area contributed by atoms with E-state index in [2.05, 4.69) is 10.2 Å². The van der Waals surface area contributed by atoms with Gasteiger partial charge in [0.05, 0.1) is 18.0 Å². The standard InChI is InChI=1S/C11H10N2O3/c14-5-8-4-9(13-12-8)7-1-2-10-11(3-7)16-6-15-10/h1-4,14H,5-6H2,(H,12,13). The minimum Gasteiger partial charge on any atom is -0.454 e. The highest BCUT2D eigenvalue weighted by Crippen LogP contribution is 2.35. The molecular weight excluding hydrogens is 208 g/mol. The van der Waals surface area contributed by atoms with Crippen molar-refractivity contribution in [1.82, 2.24) is 10.2 Å². The number of aromatic amines is 1. The van der Waals surface area contributed by atoms with Gasteiger partial charge in [-0.1, -0.05) is 0 Å². The number of nitrogens with one attached hydrogen (secondary N) is 1. The first-order valence-corrected chi connectivity index (χ1v) is 4.92. The Hall–Kier alpha value is -2.01. The van der Waals surface area contributed by atoms with Gasteiger partial charge in [-0.15, -0.1) is 0 Å². The summed E-state index contributed by atoms with van der Waals surface area (Å²) in [7, 11) is 0. The summed E-state index contributed by atoms with van der Waals surface area (Å²) in [5, 5.41) is 15.8. The van der Waals surface area contributed by atoms with E-state index in [4.69, 9.17) is 14.6 Å². The molecule has 0 radical (unpaired) electrons. The second-order valence-electron chi connectivity index (χ2n) is 3.50. The van der Waals surface area contributed by atoms with E-state index < -0.39 is 0 Å². The van der Waals surface area contributed by atoms with Gasteiger partial charge in [-0.25, -0.2) is 0 Å². The Kier molecular flexibility index (Phi) is 2.04. The average Bonchev–Trinajstić information content (AvgIpc) is 2.96. The van der Waals surface area contributed by atoms with Crippen LogP contribution in [-0.4, -0.2) is 22.1 Å². The van der Waals surface area contributed by atoms with Crippen molar-refractivity contribution in [3.05, 3.63) is 30.0 Å². The average molecular weight is 218 g/mol. The van der Waals surface area contributed by atoms with Crippen LogP contribution in [0.5, 0.6) is 11.5 Å². The van der Waals surface area contributed by atoms with Crippen molar-refractivity contribution < 1.29 is 14.6 Å². The van der Waals surface area contributed by atoms with Gasteiger partial charge in [0.1, 0.15) is 0 Å². The third-order valence-electron chi connectivity index (χ3n) is 2.47. The summed E-state index contributed by atoms with van der Waals surface area (Å²) in [5.74, 6) is 1.48. The van der Waals surface area contributed by atoms with Crippen LogP contribution in [0.3, 0.4) is 0 Å². The minimum atomic E-state index is -0.0441. The first-order valence-electron chi connectivity index (χ1n) is 4.92. The molecule has 0 atom stereocenters. The van der Waals surface area contributed by atoms with Gasteiger partial charge in [0, 0.05) is 5.56 Å². The summed E-state index contributed by atoms with van der Waals surface area (Å²) in [6, 6.07) is 7.44. The third kappa shape index (κ3) is 1.42. The molecule has 1 aliphatic rings. The normalized spacial score (nSPS) is 13.1. The molecule has 0 spiro atoms. The molecule has 0 saturated heterocycles. The first kappa shape index (κ1) is 9.23. The van der Waals surface area contributed by atoms with Crippen LogP contribution >= 0.6 is 0 Å². The predicted octanol–water partition coefficient (Wildman–Crippen LogP) is 1.30.